The molecule has 31 heavy (non-hydrogen) atoms. The average molecular weight is 418 g/mol. The number of para-hydroxylation sites is 2. The van der Waals surface area contributed by atoms with Crippen LogP contribution in [0.3, 0.4) is 0 Å². The Balaban J connectivity index is 1.35. The van der Waals surface area contributed by atoms with Gasteiger partial charge in [0.25, 0.3) is 5.56 Å². The SMILES string of the molecule is O=C(CCCc1nc2ccccc2c(=O)[nH]1)N[C@H](Cc1c[nH]c2ccccc12)C(=O)O. The number of hydrogen-bond donors (Lipinski definition) is 4. The van der Waals surface area contributed by atoms with E-state index in [9.17, 15) is 19.5 Å². The molecule has 4 N–H and O–H groups in total. The average Bonchev–Trinajstić information content (AvgIpc) is 3.16. The number of benzene rings is 2. The number of aryl methyl sites for hydroxylation is 1. The lowest BCUT2D eigenvalue weighted by Crippen LogP contribution is -2.42. The second kappa shape index (κ2) is 8.83. The number of aromatic nitrogens is 3. The molecule has 158 valence electrons. The van der Waals surface area contributed by atoms with E-state index >= 15 is 0 Å². The first-order chi connectivity index (χ1) is 15.0. The second-order valence-electron chi connectivity index (χ2n) is 7.41. The van der Waals surface area contributed by atoms with Crippen LogP contribution in [0.2, 0.25) is 0 Å². The fourth-order valence-electron chi connectivity index (χ4n) is 3.66. The molecule has 0 aliphatic rings. The molecule has 0 saturated heterocycles. The molecule has 2 heterocycles. The number of amides is 1. The lowest BCUT2D eigenvalue weighted by Gasteiger charge is -2.14. The van der Waals surface area contributed by atoms with E-state index in [1.807, 2.05) is 30.3 Å². The largest absolute Gasteiger partial charge is 0.480 e. The van der Waals surface area contributed by atoms with Gasteiger partial charge >= 0.3 is 5.97 Å². The second-order valence-corrected chi connectivity index (χ2v) is 7.41. The molecule has 0 aliphatic heterocycles. The highest BCUT2D eigenvalue weighted by atomic mass is 16.4. The number of carbonyl (C=O) groups excluding carboxylic acids is 1. The summed E-state index contributed by atoms with van der Waals surface area (Å²) in [6, 6.07) is 13.7. The van der Waals surface area contributed by atoms with Gasteiger partial charge < -0.3 is 20.4 Å². The van der Waals surface area contributed by atoms with Crippen molar-refractivity contribution in [3.05, 3.63) is 76.5 Å². The monoisotopic (exact) mass is 418 g/mol. The van der Waals surface area contributed by atoms with Crippen molar-refractivity contribution in [2.45, 2.75) is 31.7 Å². The molecule has 1 atom stereocenters. The number of hydrogen-bond acceptors (Lipinski definition) is 4. The zero-order valence-electron chi connectivity index (χ0n) is 16.7. The number of carbonyl (C=O) groups is 2. The van der Waals surface area contributed by atoms with Crippen LogP contribution < -0.4 is 10.9 Å². The Hall–Kier alpha value is -3.94. The third-order valence-electron chi connectivity index (χ3n) is 5.21. The standard InChI is InChI=1S/C23H22N4O4/c28-21(11-5-10-20-25-18-9-4-2-7-16(18)22(29)27-20)26-19(23(30)31)12-14-13-24-17-8-3-1-6-15(14)17/h1-4,6-9,13,19,24H,5,10-12H2,(H,26,28)(H,30,31)(H,25,27,29)/t19-/m1/s1. The minimum Gasteiger partial charge on any atom is -0.480 e. The quantitative estimate of drug-likeness (QED) is 0.350. The summed E-state index contributed by atoms with van der Waals surface area (Å²) in [7, 11) is 0. The zero-order valence-corrected chi connectivity index (χ0v) is 16.7. The van der Waals surface area contributed by atoms with Gasteiger partial charge in [-0.1, -0.05) is 30.3 Å². The van der Waals surface area contributed by atoms with E-state index in [4.69, 9.17) is 0 Å². The summed E-state index contributed by atoms with van der Waals surface area (Å²) in [4.78, 5) is 46.4. The summed E-state index contributed by atoms with van der Waals surface area (Å²) >= 11 is 0. The van der Waals surface area contributed by atoms with E-state index < -0.39 is 12.0 Å². The number of aromatic amines is 2. The van der Waals surface area contributed by atoms with Crippen LogP contribution in [0.15, 0.2) is 59.5 Å². The molecule has 8 nitrogen and oxygen atoms in total. The van der Waals surface area contributed by atoms with E-state index in [1.54, 1.807) is 24.4 Å². The predicted molar refractivity (Wildman–Crippen MR) is 117 cm³/mol. The van der Waals surface area contributed by atoms with Crippen molar-refractivity contribution < 1.29 is 14.7 Å². The number of nitrogens with zero attached hydrogens (tertiary/aromatic N) is 1. The molecule has 2 aromatic heterocycles. The molecule has 0 radical (unpaired) electrons. The first kappa shape index (κ1) is 20.3. The van der Waals surface area contributed by atoms with Crippen molar-refractivity contribution in [2.75, 3.05) is 0 Å². The Kier molecular flexibility index (Phi) is 5.79. The Morgan fingerprint density at radius 2 is 1.81 bits per heavy atom. The number of nitrogens with one attached hydrogen (secondary N) is 3. The summed E-state index contributed by atoms with van der Waals surface area (Å²) in [6.45, 7) is 0. The number of carboxylic acids is 1. The topological polar surface area (TPSA) is 128 Å². The third-order valence-corrected chi connectivity index (χ3v) is 5.21. The zero-order chi connectivity index (χ0) is 21.8. The molecule has 0 aliphatic carbocycles. The Labute approximate surface area is 177 Å². The molecule has 0 bridgehead atoms. The van der Waals surface area contributed by atoms with Gasteiger partial charge in [0.05, 0.1) is 10.9 Å². The van der Waals surface area contributed by atoms with Crippen LogP contribution in [0.1, 0.15) is 24.2 Å². The van der Waals surface area contributed by atoms with Gasteiger partial charge in [-0.05, 0) is 30.2 Å². The van der Waals surface area contributed by atoms with Crippen molar-refractivity contribution in [3.63, 3.8) is 0 Å². The summed E-state index contributed by atoms with van der Waals surface area (Å²) in [5, 5.41) is 13.6. The van der Waals surface area contributed by atoms with Gasteiger partial charge in [-0.3, -0.25) is 9.59 Å². The van der Waals surface area contributed by atoms with Crippen LogP contribution in [0.5, 0.6) is 0 Å². The molecule has 0 fully saturated rings. The van der Waals surface area contributed by atoms with E-state index in [-0.39, 0.29) is 24.3 Å². The highest BCUT2D eigenvalue weighted by Crippen LogP contribution is 2.19. The van der Waals surface area contributed by atoms with E-state index in [1.165, 1.54) is 0 Å². The molecule has 0 unspecified atom stereocenters. The number of carboxylic acid groups (broad SMARTS) is 1. The van der Waals surface area contributed by atoms with E-state index in [2.05, 4.69) is 20.3 Å². The molecule has 0 spiro atoms. The summed E-state index contributed by atoms with van der Waals surface area (Å²) in [6.07, 6.45) is 2.94. The highest BCUT2D eigenvalue weighted by molar-refractivity contribution is 5.86. The molecule has 4 aromatic rings. The first-order valence-corrected chi connectivity index (χ1v) is 10.1. The number of fused-ring (bicyclic) bond motifs is 2. The minimum atomic E-state index is -1.08. The molecule has 8 heteroatoms. The Morgan fingerprint density at radius 1 is 1.06 bits per heavy atom. The van der Waals surface area contributed by atoms with E-state index in [0.29, 0.717) is 29.6 Å². The van der Waals surface area contributed by atoms with Crippen molar-refractivity contribution in [1.29, 1.82) is 0 Å². The molecule has 2 aromatic carbocycles. The van der Waals surface area contributed by atoms with E-state index in [0.717, 1.165) is 16.5 Å². The molecular formula is C23H22N4O4. The lowest BCUT2D eigenvalue weighted by molar-refractivity contribution is -0.141. The van der Waals surface area contributed by atoms with Crippen molar-refractivity contribution >= 4 is 33.7 Å². The van der Waals surface area contributed by atoms with Gasteiger partial charge in [0, 0.05) is 36.4 Å². The van der Waals surface area contributed by atoms with Gasteiger partial charge in [0.15, 0.2) is 0 Å². The number of rotatable bonds is 8. The summed E-state index contributed by atoms with van der Waals surface area (Å²) < 4.78 is 0. The maximum atomic E-state index is 12.3. The third kappa shape index (κ3) is 4.63. The minimum absolute atomic E-state index is 0.133. The normalized spacial score (nSPS) is 12.1. The number of H-pyrrole nitrogens is 2. The van der Waals surface area contributed by atoms with Crippen molar-refractivity contribution in [3.8, 4) is 0 Å². The molecule has 4 rings (SSSR count). The summed E-state index contributed by atoms with van der Waals surface area (Å²) in [5.41, 5.74) is 2.15. The number of aliphatic carboxylic acids is 1. The van der Waals surface area contributed by atoms with Crippen molar-refractivity contribution in [1.82, 2.24) is 20.3 Å². The fraction of sp³-hybridized carbons (Fsp3) is 0.217. The molecule has 0 saturated carbocycles. The van der Waals surface area contributed by atoms with Crippen LogP contribution in [0.25, 0.3) is 21.8 Å². The van der Waals surface area contributed by atoms with Crippen LogP contribution in [-0.4, -0.2) is 38.0 Å². The van der Waals surface area contributed by atoms with Crippen LogP contribution in [-0.2, 0) is 22.4 Å². The Bertz CT molecular complexity index is 1310. The maximum absolute atomic E-state index is 12.3. The van der Waals surface area contributed by atoms with Crippen LogP contribution >= 0.6 is 0 Å². The van der Waals surface area contributed by atoms with Gasteiger partial charge in [-0.15, -0.1) is 0 Å². The Morgan fingerprint density at radius 3 is 2.61 bits per heavy atom. The molecule has 1 amide bonds. The summed E-state index contributed by atoms with van der Waals surface area (Å²) in [5.74, 6) is -0.931. The molecular weight excluding hydrogens is 396 g/mol. The lowest BCUT2D eigenvalue weighted by atomic mass is 10.0. The fourth-order valence-corrected chi connectivity index (χ4v) is 3.66. The maximum Gasteiger partial charge on any atom is 0.326 e. The van der Waals surface area contributed by atoms with Crippen LogP contribution in [0.4, 0.5) is 0 Å². The van der Waals surface area contributed by atoms with Crippen molar-refractivity contribution in [2.24, 2.45) is 0 Å². The smallest absolute Gasteiger partial charge is 0.326 e. The van der Waals surface area contributed by atoms with Crippen LogP contribution in [0, 0.1) is 0 Å². The van der Waals surface area contributed by atoms with Gasteiger partial charge in [0.2, 0.25) is 5.91 Å². The predicted octanol–water partition coefficient (Wildman–Crippen LogP) is 2.54. The van der Waals surface area contributed by atoms with Gasteiger partial charge in [-0.25, -0.2) is 9.78 Å². The van der Waals surface area contributed by atoms with Gasteiger partial charge in [-0.2, -0.15) is 0 Å². The van der Waals surface area contributed by atoms with Gasteiger partial charge in [0.1, 0.15) is 11.9 Å². The highest BCUT2D eigenvalue weighted by Gasteiger charge is 2.21. The first-order valence-electron chi connectivity index (χ1n) is 10.1.